The first kappa shape index (κ1) is 24.5. The number of fused-ring (bicyclic) bond motifs is 1. The Morgan fingerprint density at radius 3 is 2.69 bits per heavy atom. The average molecular weight is 465 g/mol. The summed E-state index contributed by atoms with van der Waals surface area (Å²) in [5.74, 6) is -0.276. The van der Waals surface area contributed by atoms with Crippen LogP contribution in [0.3, 0.4) is 0 Å². The van der Waals surface area contributed by atoms with Gasteiger partial charge in [-0.15, -0.1) is 0 Å². The van der Waals surface area contributed by atoms with E-state index in [0.29, 0.717) is 35.8 Å². The van der Waals surface area contributed by atoms with Crippen molar-refractivity contribution >= 4 is 34.3 Å². The highest BCUT2D eigenvalue weighted by Gasteiger charge is 2.34. The van der Waals surface area contributed by atoms with E-state index >= 15 is 0 Å². The van der Waals surface area contributed by atoms with Crippen LogP contribution >= 0.6 is 11.6 Å². The van der Waals surface area contributed by atoms with Gasteiger partial charge in [0.15, 0.2) is 5.69 Å². The second-order valence-corrected chi connectivity index (χ2v) is 9.83. The summed E-state index contributed by atoms with van der Waals surface area (Å²) in [7, 11) is 0. The molecule has 0 spiro atoms. The zero-order chi connectivity index (χ0) is 23.3. The Labute approximate surface area is 193 Å². The first-order chi connectivity index (χ1) is 15.2. The van der Waals surface area contributed by atoms with Gasteiger partial charge in [-0.25, -0.2) is 0 Å². The van der Waals surface area contributed by atoms with Crippen molar-refractivity contribution in [2.24, 2.45) is 11.3 Å². The van der Waals surface area contributed by atoms with E-state index in [1.54, 1.807) is 12.1 Å². The Kier molecular flexibility index (Phi) is 8.14. The van der Waals surface area contributed by atoms with E-state index in [1.807, 2.05) is 31.5 Å². The normalized spacial score (nSPS) is 16.2. The Morgan fingerprint density at radius 1 is 1.31 bits per heavy atom. The lowest BCUT2D eigenvalue weighted by Gasteiger charge is -2.30. The molecule has 1 saturated heterocycles. The Bertz CT molecular complexity index is 947. The van der Waals surface area contributed by atoms with Gasteiger partial charge in [0.2, 0.25) is 5.91 Å². The van der Waals surface area contributed by atoms with Crippen molar-refractivity contribution in [2.45, 2.75) is 52.6 Å². The minimum Gasteiger partial charge on any atom is -0.396 e. The number of rotatable bonds is 8. The minimum atomic E-state index is -0.761. The highest BCUT2D eigenvalue weighted by atomic mass is 35.5. The smallest absolute Gasteiger partial charge is 0.273 e. The molecule has 1 fully saturated rings. The topological polar surface area (TPSA) is 105 Å². The average Bonchev–Trinajstić information content (AvgIpc) is 3.09. The van der Waals surface area contributed by atoms with Gasteiger partial charge in [-0.2, -0.15) is 5.10 Å². The summed E-state index contributed by atoms with van der Waals surface area (Å²) >= 11 is 6.23. The summed E-state index contributed by atoms with van der Waals surface area (Å²) < 4.78 is 7.32. The first-order valence-corrected chi connectivity index (χ1v) is 11.5. The SMILES string of the molecule is CC(C)(C)C(NC(=O)c1nn(CC2CCOCC2)c2ccc(Cl)cc12)C(=O)NCCCO. The number of carbonyl (C=O) groups is 2. The van der Waals surface area contributed by atoms with Gasteiger partial charge in [-0.3, -0.25) is 14.3 Å². The molecule has 2 aromatic rings. The lowest BCUT2D eigenvalue weighted by molar-refractivity contribution is -0.125. The van der Waals surface area contributed by atoms with Crippen molar-refractivity contribution < 1.29 is 19.4 Å². The predicted molar refractivity (Wildman–Crippen MR) is 124 cm³/mol. The van der Waals surface area contributed by atoms with Crippen molar-refractivity contribution in [1.82, 2.24) is 20.4 Å². The van der Waals surface area contributed by atoms with Gasteiger partial charge in [0.25, 0.3) is 5.91 Å². The van der Waals surface area contributed by atoms with Crippen molar-refractivity contribution in [3.63, 3.8) is 0 Å². The molecule has 0 bridgehead atoms. The number of hydrogen-bond acceptors (Lipinski definition) is 5. The highest BCUT2D eigenvalue weighted by molar-refractivity contribution is 6.31. The molecule has 3 N–H and O–H groups in total. The Morgan fingerprint density at radius 2 is 2.03 bits per heavy atom. The maximum atomic E-state index is 13.3. The number of aliphatic hydroxyl groups is 1. The van der Waals surface area contributed by atoms with Crippen LogP contribution < -0.4 is 10.6 Å². The molecule has 1 atom stereocenters. The summed E-state index contributed by atoms with van der Waals surface area (Å²) in [4.78, 5) is 26.0. The lowest BCUT2D eigenvalue weighted by atomic mass is 9.86. The third kappa shape index (κ3) is 5.99. The molecule has 1 aromatic heterocycles. The number of nitrogens with zero attached hydrogens (tertiary/aromatic N) is 2. The molecule has 0 radical (unpaired) electrons. The van der Waals surface area contributed by atoms with E-state index in [1.165, 1.54) is 0 Å². The zero-order valence-corrected chi connectivity index (χ0v) is 19.7. The number of aliphatic hydroxyl groups excluding tert-OH is 1. The molecule has 3 rings (SSSR count). The number of ether oxygens (including phenoxy) is 1. The Balaban J connectivity index is 1.86. The molecular weight excluding hydrogens is 432 g/mol. The molecular formula is C23H33ClN4O4. The van der Waals surface area contributed by atoms with Crippen molar-refractivity contribution in [3.8, 4) is 0 Å². The molecule has 176 valence electrons. The third-order valence-electron chi connectivity index (χ3n) is 5.74. The van der Waals surface area contributed by atoms with E-state index in [4.69, 9.17) is 21.4 Å². The van der Waals surface area contributed by atoms with E-state index in [0.717, 1.165) is 31.6 Å². The lowest BCUT2D eigenvalue weighted by Crippen LogP contribution is -2.53. The van der Waals surface area contributed by atoms with Crippen LogP contribution in [0.15, 0.2) is 18.2 Å². The van der Waals surface area contributed by atoms with Gasteiger partial charge in [0, 0.05) is 43.3 Å². The standard InChI is InChI=1S/C23H33ClN4O4/c1-23(2,3)20(22(31)25-9-4-10-29)26-21(30)19-17-13-16(24)5-6-18(17)28(27-19)14-15-7-11-32-12-8-15/h5-6,13,15,20,29H,4,7-12,14H2,1-3H3,(H,25,31)(H,26,30). The van der Waals surface area contributed by atoms with Gasteiger partial charge < -0.3 is 20.5 Å². The second-order valence-electron chi connectivity index (χ2n) is 9.39. The van der Waals surface area contributed by atoms with E-state index in [2.05, 4.69) is 15.7 Å². The maximum absolute atomic E-state index is 13.3. The highest BCUT2D eigenvalue weighted by Crippen LogP contribution is 2.27. The van der Waals surface area contributed by atoms with E-state index in [9.17, 15) is 9.59 Å². The van der Waals surface area contributed by atoms with Crippen molar-refractivity contribution in [2.75, 3.05) is 26.4 Å². The van der Waals surface area contributed by atoms with Gasteiger partial charge in [0.05, 0.1) is 5.52 Å². The monoisotopic (exact) mass is 464 g/mol. The van der Waals surface area contributed by atoms with Crippen LogP contribution in [0.25, 0.3) is 10.9 Å². The molecule has 1 aliphatic heterocycles. The molecule has 2 amide bonds. The molecule has 0 saturated carbocycles. The quantitative estimate of drug-likeness (QED) is 0.521. The molecule has 2 heterocycles. The van der Waals surface area contributed by atoms with Gasteiger partial charge in [-0.1, -0.05) is 32.4 Å². The largest absolute Gasteiger partial charge is 0.396 e. The summed E-state index contributed by atoms with van der Waals surface area (Å²) in [6.45, 7) is 8.18. The summed E-state index contributed by atoms with van der Waals surface area (Å²) in [6, 6.07) is 4.65. The number of hydrogen-bond donors (Lipinski definition) is 3. The van der Waals surface area contributed by atoms with E-state index in [-0.39, 0.29) is 18.2 Å². The maximum Gasteiger partial charge on any atom is 0.273 e. The number of benzene rings is 1. The fraction of sp³-hybridized carbons (Fsp3) is 0.609. The number of halogens is 1. The number of carbonyl (C=O) groups excluding carboxylic acids is 2. The molecule has 1 aromatic carbocycles. The molecule has 9 heteroatoms. The molecule has 0 aliphatic carbocycles. The molecule has 1 aliphatic rings. The van der Waals surface area contributed by atoms with Crippen LogP contribution in [0, 0.1) is 11.3 Å². The fourth-order valence-electron chi connectivity index (χ4n) is 3.90. The van der Waals surface area contributed by atoms with Crippen molar-refractivity contribution in [1.29, 1.82) is 0 Å². The van der Waals surface area contributed by atoms with E-state index < -0.39 is 17.4 Å². The second kappa shape index (κ2) is 10.6. The van der Waals surface area contributed by atoms with Crippen LogP contribution in [0.4, 0.5) is 0 Å². The summed E-state index contributed by atoms with van der Waals surface area (Å²) in [5, 5.41) is 20.4. The minimum absolute atomic E-state index is 0.00979. The van der Waals surface area contributed by atoms with Crippen LogP contribution in [0.5, 0.6) is 0 Å². The first-order valence-electron chi connectivity index (χ1n) is 11.1. The van der Waals surface area contributed by atoms with Crippen LogP contribution in [0.1, 0.15) is 50.5 Å². The summed E-state index contributed by atoms with van der Waals surface area (Å²) in [5.41, 5.74) is 0.578. The zero-order valence-electron chi connectivity index (χ0n) is 19.0. The van der Waals surface area contributed by atoms with Gasteiger partial charge in [0.1, 0.15) is 6.04 Å². The number of aromatic nitrogens is 2. The van der Waals surface area contributed by atoms with Crippen molar-refractivity contribution in [3.05, 3.63) is 28.9 Å². The molecule has 1 unspecified atom stereocenters. The Hall–Kier alpha value is -2.16. The molecule has 32 heavy (non-hydrogen) atoms. The molecule has 8 nitrogen and oxygen atoms in total. The third-order valence-corrected chi connectivity index (χ3v) is 5.97. The van der Waals surface area contributed by atoms with Gasteiger partial charge >= 0.3 is 0 Å². The predicted octanol–water partition coefficient (Wildman–Crippen LogP) is 2.76. The van der Waals surface area contributed by atoms with Gasteiger partial charge in [-0.05, 0) is 48.8 Å². The fourth-order valence-corrected chi connectivity index (χ4v) is 4.07. The van der Waals surface area contributed by atoms with Crippen LogP contribution in [0.2, 0.25) is 5.02 Å². The van der Waals surface area contributed by atoms with Crippen LogP contribution in [-0.2, 0) is 16.1 Å². The van der Waals surface area contributed by atoms with Crippen LogP contribution in [-0.4, -0.2) is 59.1 Å². The number of amides is 2. The summed E-state index contributed by atoms with van der Waals surface area (Å²) in [6.07, 6.45) is 2.36. The number of nitrogens with one attached hydrogen (secondary N) is 2.